The van der Waals surface area contributed by atoms with Crippen LogP contribution in [0.4, 0.5) is 0 Å². The predicted molar refractivity (Wildman–Crippen MR) is 60.8 cm³/mol. The number of carbonyl (C=O) groups excluding carboxylic acids is 1. The van der Waals surface area contributed by atoms with Crippen molar-refractivity contribution in [2.75, 3.05) is 40.9 Å². The van der Waals surface area contributed by atoms with E-state index in [1.54, 1.807) is 0 Å². The summed E-state index contributed by atoms with van der Waals surface area (Å²) in [4.78, 5) is 11.3. The fourth-order valence-electron chi connectivity index (χ4n) is 1.35. The van der Waals surface area contributed by atoms with Crippen LogP contribution in [0.5, 0.6) is 0 Å². The molecule has 0 aromatic rings. The number of aliphatic hydroxyl groups excluding tert-OH is 2. The monoisotopic (exact) mass is 234 g/mol. The number of hydrogen-bond donors (Lipinski definition) is 2. The van der Waals surface area contributed by atoms with Gasteiger partial charge in [0.2, 0.25) is 0 Å². The van der Waals surface area contributed by atoms with Crippen molar-refractivity contribution in [1.29, 1.82) is 0 Å². The number of hydrogen-bond acceptors (Lipinski definition) is 4. The Balaban J connectivity index is 3.62. The first-order chi connectivity index (χ1) is 7.35. The van der Waals surface area contributed by atoms with Crippen molar-refractivity contribution < 1.29 is 24.2 Å². The second-order valence-corrected chi connectivity index (χ2v) is 4.98. The van der Waals surface area contributed by atoms with E-state index in [0.29, 0.717) is 30.5 Å². The van der Waals surface area contributed by atoms with Crippen LogP contribution >= 0.6 is 0 Å². The highest BCUT2D eigenvalue weighted by Crippen LogP contribution is 2.01. The highest BCUT2D eigenvalue weighted by molar-refractivity contribution is 5.69. The molecular formula is C11H24NO4+. The molecule has 0 heterocycles. The van der Waals surface area contributed by atoms with Crippen LogP contribution in [-0.2, 0) is 9.53 Å². The highest BCUT2D eigenvalue weighted by Gasteiger charge is 2.19. The molecule has 0 amide bonds. The minimum Gasteiger partial charge on any atom is -0.466 e. The molecule has 0 aliphatic rings. The number of carbonyl (C=O) groups is 1. The predicted octanol–water partition coefficient (Wildman–Crippen LogP) is -0.241. The zero-order valence-corrected chi connectivity index (χ0v) is 10.5. The lowest BCUT2D eigenvalue weighted by Crippen LogP contribution is -2.42. The first-order valence-corrected chi connectivity index (χ1v) is 5.60. The lowest BCUT2D eigenvalue weighted by Gasteiger charge is -2.26. The molecule has 2 N–H and O–H groups in total. The van der Waals surface area contributed by atoms with Crippen LogP contribution in [0.15, 0.2) is 0 Å². The summed E-state index contributed by atoms with van der Waals surface area (Å²) < 4.78 is 5.52. The number of esters is 1. The number of likely N-dealkylation sites (N-methyl/N-ethyl adjacent to an activating group) is 1. The van der Waals surface area contributed by atoms with Gasteiger partial charge in [0, 0.05) is 6.61 Å². The first kappa shape index (κ1) is 15.3. The molecule has 0 aliphatic heterocycles. The van der Waals surface area contributed by atoms with E-state index in [1.807, 2.05) is 21.1 Å². The molecule has 0 bridgehead atoms. The van der Waals surface area contributed by atoms with Gasteiger partial charge >= 0.3 is 5.97 Å². The van der Waals surface area contributed by atoms with Crippen molar-refractivity contribution in [1.82, 2.24) is 0 Å². The van der Waals surface area contributed by atoms with Crippen LogP contribution in [0.2, 0.25) is 0 Å². The molecule has 1 unspecified atom stereocenters. The number of quaternary nitrogens is 1. The third kappa shape index (κ3) is 9.89. The maximum atomic E-state index is 11.3. The molecule has 1 atom stereocenters. The number of unbranched alkanes of at least 4 members (excludes halogenated alkanes) is 1. The van der Waals surface area contributed by atoms with Gasteiger partial charge in [-0.2, -0.15) is 0 Å². The van der Waals surface area contributed by atoms with Gasteiger partial charge in [-0.05, 0) is 12.8 Å². The minimum atomic E-state index is -0.662. The maximum absolute atomic E-state index is 11.3. The van der Waals surface area contributed by atoms with Gasteiger partial charge in [-0.3, -0.25) is 4.79 Å². The van der Waals surface area contributed by atoms with E-state index in [0.717, 1.165) is 0 Å². The van der Waals surface area contributed by atoms with Crippen LogP contribution in [-0.4, -0.2) is 67.7 Å². The number of aliphatic hydroxyl groups is 2. The van der Waals surface area contributed by atoms with Crippen molar-refractivity contribution in [3.05, 3.63) is 0 Å². The normalized spacial score (nSPS) is 13.6. The number of rotatable bonds is 8. The molecule has 5 nitrogen and oxygen atoms in total. The molecule has 16 heavy (non-hydrogen) atoms. The van der Waals surface area contributed by atoms with Crippen LogP contribution < -0.4 is 0 Å². The van der Waals surface area contributed by atoms with Crippen LogP contribution in [0.3, 0.4) is 0 Å². The van der Waals surface area contributed by atoms with E-state index >= 15 is 0 Å². The number of ether oxygens (including phenoxy) is 1. The van der Waals surface area contributed by atoms with Crippen molar-refractivity contribution >= 4 is 5.97 Å². The van der Waals surface area contributed by atoms with Gasteiger partial charge in [0.05, 0.1) is 34.2 Å². The molecule has 0 radical (unpaired) electrons. The molecule has 0 saturated heterocycles. The van der Waals surface area contributed by atoms with E-state index in [9.17, 15) is 9.90 Å². The molecule has 0 fully saturated rings. The molecule has 0 aliphatic carbocycles. The summed E-state index contributed by atoms with van der Waals surface area (Å²) in [6.45, 7) is 0.948. The lowest BCUT2D eigenvalue weighted by atomic mass is 10.2. The Hall–Kier alpha value is -0.650. The zero-order chi connectivity index (χ0) is 12.6. The quantitative estimate of drug-likeness (QED) is 0.345. The van der Waals surface area contributed by atoms with Crippen molar-refractivity contribution in [3.63, 3.8) is 0 Å². The van der Waals surface area contributed by atoms with E-state index in [-0.39, 0.29) is 19.0 Å². The molecule has 0 aromatic heterocycles. The summed E-state index contributed by atoms with van der Waals surface area (Å²) in [5, 5.41) is 18.1. The summed E-state index contributed by atoms with van der Waals surface area (Å²) >= 11 is 0. The van der Waals surface area contributed by atoms with Gasteiger partial charge in [-0.1, -0.05) is 0 Å². The van der Waals surface area contributed by atoms with Crippen molar-refractivity contribution in [3.8, 4) is 0 Å². The van der Waals surface area contributed by atoms with Gasteiger partial charge < -0.3 is 19.4 Å². The fraction of sp³-hybridized carbons (Fsp3) is 0.909. The average Bonchev–Trinajstić information content (AvgIpc) is 2.09. The van der Waals surface area contributed by atoms with Crippen molar-refractivity contribution in [2.45, 2.75) is 25.4 Å². The molecule has 5 heteroatoms. The number of nitrogens with zero attached hydrogens (tertiary/aromatic N) is 1. The average molecular weight is 234 g/mol. The van der Waals surface area contributed by atoms with Gasteiger partial charge in [0.1, 0.15) is 12.6 Å². The molecule has 0 rings (SSSR count). The SMILES string of the molecule is C[N+](C)(C)CC(O)CC(=O)OCCCCO. The Bertz CT molecular complexity index is 201. The Morgan fingerprint density at radius 3 is 2.44 bits per heavy atom. The standard InChI is InChI=1S/C11H24NO4/c1-12(2,3)9-10(14)8-11(15)16-7-5-4-6-13/h10,13-14H,4-9H2,1-3H3/q+1. The second kappa shape index (κ2) is 7.60. The first-order valence-electron chi connectivity index (χ1n) is 5.60. The Morgan fingerprint density at radius 1 is 1.31 bits per heavy atom. The third-order valence-electron chi connectivity index (χ3n) is 1.98. The topological polar surface area (TPSA) is 66.8 Å². The Labute approximate surface area is 97.2 Å². The summed E-state index contributed by atoms with van der Waals surface area (Å²) in [7, 11) is 5.86. The fourth-order valence-corrected chi connectivity index (χ4v) is 1.35. The molecule has 96 valence electrons. The zero-order valence-electron chi connectivity index (χ0n) is 10.5. The lowest BCUT2D eigenvalue weighted by molar-refractivity contribution is -0.873. The van der Waals surface area contributed by atoms with Crippen LogP contribution in [0.1, 0.15) is 19.3 Å². The van der Waals surface area contributed by atoms with E-state index < -0.39 is 6.10 Å². The minimum absolute atomic E-state index is 0.0364. The summed E-state index contributed by atoms with van der Waals surface area (Å²) in [5.41, 5.74) is 0. The Kier molecular flexibility index (Phi) is 7.29. The van der Waals surface area contributed by atoms with E-state index in [1.165, 1.54) is 0 Å². The van der Waals surface area contributed by atoms with Crippen LogP contribution in [0.25, 0.3) is 0 Å². The molecule has 0 saturated carbocycles. The summed E-state index contributed by atoms with van der Waals surface area (Å²) in [6.07, 6.45) is 0.669. The maximum Gasteiger partial charge on any atom is 0.308 e. The van der Waals surface area contributed by atoms with Gasteiger partial charge in [-0.25, -0.2) is 0 Å². The second-order valence-electron chi connectivity index (χ2n) is 4.98. The smallest absolute Gasteiger partial charge is 0.308 e. The molecule has 0 spiro atoms. The van der Waals surface area contributed by atoms with Gasteiger partial charge in [-0.15, -0.1) is 0 Å². The van der Waals surface area contributed by atoms with E-state index in [4.69, 9.17) is 9.84 Å². The molecular weight excluding hydrogens is 210 g/mol. The van der Waals surface area contributed by atoms with Gasteiger partial charge in [0.25, 0.3) is 0 Å². The highest BCUT2D eigenvalue weighted by atomic mass is 16.5. The molecule has 0 aromatic carbocycles. The summed E-state index contributed by atoms with van der Waals surface area (Å²) in [5.74, 6) is -0.376. The van der Waals surface area contributed by atoms with Gasteiger partial charge in [0.15, 0.2) is 0 Å². The van der Waals surface area contributed by atoms with Crippen molar-refractivity contribution in [2.24, 2.45) is 0 Å². The third-order valence-corrected chi connectivity index (χ3v) is 1.98. The Morgan fingerprint density at radius 2 is 1.94 bits per heavy atom. The summed E-state index contributed by atoms with van der Waals surface area (Å²) in [6, 6.07) is 0. The van der Waals surface area contributed by atoms with E-state index in [2.05, 4.69) is 0 Å². The van der Waals surface area contributed by atoms with Crippen LogP contribution in [0, 0.1) is 0 Å². The largest absolute Gasteiger partial charge is 0.466 e.